The Bertz CT molecular complexity index is 585. The van der Waals surface area contributed by atoms with E-state index in [0.29, 0.717) is 11.5 Å². The molecule has 19 heavy (non-hydrogen) atoms. The Balaban J connectivity index is 1.93. The van der Waals surface area contributed by atoms with E-state index in [9.17, 15) is 0 Å². The third-order valence-corrected chi connectivity index (χ3v) is 4.46. The van der Waals surface area contributed by atoms with Crippen LogP contribution in [0.5, 0.6) is 0 Å². The third kappa shape index (κ3) is 2.20. The Hall–Kier alpha value is -1.58. The molecule has 0 saturated heterocycles. The number of aryl methyl sites for hydroxylation is 1. The molecule has 0 bridgehead atoms. The molecule has 0 aromatic carbocycles. The minimum Gasteiger partial charge on any atom is -0.365 e. The average Bonchev–Trinajstić information content (AvgIpc) is 2.75. The maximum absolute atomic E-state index is 4.49. The van der Waals surface area contributed by atoms with Crippen molar-refractivity contribution in [1.82, 2.24) is 14.5 Å². The van der Waals surface area contributed by atoms with Gasteiger partial charge in [0.1, 0.15) is 5.52 Å². The highest BCUT2D eigenvalue weighted by molar-refractivity contribution is 5.85. The van der Waals surface area contributed by atoms with Gasteiger partial charge in [0.05, 0.1) is 11.8 Å². The van der Waals surface area contributed by atoms with Gasteiger partial charge in [-0.2, -0.15) is 0 Å². The highest BCUT2D eigenvalue weighted by Crippen LogP contribution is 2.37. The minimum atomic E-state index is 0.330. The number of fused-ring (bicyclic) bond motifs is 1. The van der Waals surface area contributed by atoms with Gasteiger partial charge >= 0.3 is 0 Å². The predicted octanol–water partition coefficient (Wildman–Crippen LogP) is 3.35. The van der Waals surface area contributed by atoms with Gasteiger partial charge < -0.3 is 9.88 Å². The fourth-order valence-electron chi connectivity index (χ4n) is 3.09. The fraction of sp³-hybridized carbons (Fsp3) is 0.600. The van der Waals surface area contributed by atoms with Crippen LogP contribution in [0.25, 0.3) is 11.0 Å². The van der Waals surface area contributed by atoms with Gasteiger partial charge in [0, 0.05) is 19.3 Å². The van der Waals surface area contributed by atoms with E-state index in [1.807, 2.05) is 30.2 Å². The van der Waals surface area contributed by atoms with E-state index in [1.165, 1.54) is 25.7 Å². The molecule has 0 spiro atoms. The Labute approximate surface area is 114 Å². The van der Waals surface area contributed by atoms with Crippen molar-refractivity contribution in [3.8, 4) is 0 Å². The number of aromatic nitrogens is 3. The van der Waals surface area contributed by atoms with Crippen LogP contribution >= 0.6 is 0 Å². The van der Waals surface area contributed by atoms with Gasteiger partial charge in [0.15, 0.2) is 5.82 Å². The standard InChI is InChI=1S/C15H22N4/c1-15(2)8-5-4-6-12(15)18-14-13-11(7-9-16-14)19(3)10-17-13/h7,9-10,12H,4-6,8H2,1-3H3,(H,16,18). The molecule has 1 aliphatic rings. The number of hydrogen-bond acceptors (Lipinski definition) is 3. The molecular formula is C15H22N4. The largest absolute Gasteiger partial charge is 0.365 e. The molecular weight excluding hydrogens is 236 g/mol. The second kappa shape index (κ2) is 4.51. The Kier molecular flexibility index (Phi) is 2.96. The van der Waals surface area contributed by atoms with Crippen molar-refractivity contribution >= 4 is 16.9 Å². The topological polar surface area (TPSA) is 42.7 Å². The summed E-state index contributed by atoms with van der Waals surface area (Å²) in [6.07, 6.45) is 8.86. The number of rotatable bonds is 2. The van der Waals surface area contributed by atoms with Crippen LogP contribution in [0, 0.1) is 5.41 Å². The van der Waals surface area contributed by atoms with Crippen LogP contribution in [-0.4, -0.2) is 20.6 Å². The Morgan fingerprint density at radius 2 is 2.16 bits per heavy atom. The molecule has 102 valence electrons. The van der Waals surface area contributed by atoms with E-state index in [2.05, 4.69) is 29.1 Å². The summed E-state index contributed by atoms with van der Waals surface area (Å²) in [5, 5.41) is 3.64. The van der Waals surface area contributed by atoms with E-state index in [0.717, 1.165) is 16.9 Å². The summed E-state index contributed by atoms with van der Waals surface area (Å²) in [7, 11) is 2.02. The summed E-state index contributed by atoms with van der Waals surface area (Å²) in [5.74, 6) is 0.929. The molecule has 0 aliphatic heterocycles. The van der Waals surface area contributed by atoms with Crippen LogP contribution in [-0.2, 0) is 7.05 Å². The van der Waals surface area contributed by atoms with Crippen molar-refractivity contribution < 1.29 is 0 Å². The number of nitrogens with zero attached hydrogens (tertiary/aromatic N) is 3. The molecule has 0 radical (unpaired) electrons. The number of anilines is 1. The van der Waals surface area contributed by atoms with Crippen molar-refractivity contribution in [2.45, 2.75) is 45.6 Å². The van der Waals surface area contributed by atoms with Crippen LogP contribution in [0.4, 0.5) is 5.82 Å². The SMILES string of the molecule is Cn1cnc2c(NC3CCCCC3(C)C)nccc21. The second-order valence-corrected chi connectivity index (χ2v) is 6.31. The Morgan fingerprint density at radius 1 is 1.32 bits per heavy atom. The molecule has 1 saturated carbocycles. The smallest absolute Gasteiger partial charge is 0.154 e. The molecule has 1 aliphatic carbocycles. The van der Waals surface area contributed by atoms with Crippen LogP contribution in [0.15, 0.2) is 18.6 Å². The van der Waals surface area contributed by atoms with Crippen LogP contribution in [0.2, 0.25) is 0 Å². The minimum absolute atomic E-state index is 0.330. The Morgan fingerprint density at radius 3 is 2.95 bits per heavy atom. The zero-order chi connectivity index (χ0) is 13.5. The first-order valence-corrected chi connectivity index (χ1v) is 7.10. The maximum Gasteiger partial charge on any atom is 0.154 e. The molecule has 3 rings (SSSR count). The first-order chi connectivity index (χ1) is 9.08. The maximum atomic E-state index is 4.49. The number of imidazole rings is 1. The van der Waals surface area contributed by atoms with Gasteiger partial charge in [-0.25, -0.2) is 9.97 Å². The van der Waals surface area contributed by atoms with Crippen molar-refractivity contribution in [1.29, 1.82) is 0 Å². The summed E-state index contributed by atoms with van der Waals surface area (Å²) in [6, 6.07) is 2.50. The summed E-state index contributed by atoms with van der Waals surface area (Å²) >= 11 is 0. The molecule has 1 N–H and O–H groups in total. The van der Waals surface area contributed by atoms with E-state index < -0.39 is 0 Å². The molecule has 4 nitrogen and oxygen atoms in total. The first kappa shape index (κ1) is 12.5. The summed E-state index contributed by atoms with van der Waals surface area (Å²) in [4.78, 5) is 8.96. The van der Waals surface area contributed by atoms with Crippen LogP contribution in [0.3, 0.4) is 0 Å². The highest BCUT2D eigenvalue weighted by Gasteiger charge is 2.32. The molecule has 2 aromatic heterocycles. The summed E-state index contributed by atoms with van der Waals surface area (Å²) in [5.41, 5.74) is 2.44. The highest BCUT2D eigenvalue weighted by atomic mass is 15.1. The van der Waals surface area contributed by atoms with Gasteiger partial charge in [0.25, 0.3) is 0 Å². The van der Waals surface area contributed by atoms with Crippen molar-refractivity contribution in [3.05, 3.63) is 18.6 Å². The van der Waals surface area contributed by atoms with Gasteiger partial charge in [-0.3, -0.25) is 0 Å². The molecule has 1 atom stereocenters. The summed E-state index contributed by atoms with van der Waals surface area (Å²) < 4.78 is 2.04. The van der Waals surface area contributed by atoms with Crippen molar-refractivity contribution in [3.63, 3.8) is 0 Å². The molecule has 1 fully saturated rings. The number of pyridine rings is 1. The molecule has 2 aromatic rings. The first-order valence-electron chi connectivity index (χ1n) is 7.10. The zero-order valence-electron chi connectivity index (χ0n) is 12.0. The average molecular weight is 258 g/mol. The van der Waals surface area contributed by atoms with Gasteiger partial charge in [-0.05, 0) is 24.3 Å². The van der Waals surface area contributed by atoms with Crippen LogP contribution < -0.4 is 5.32 Å². The zero-order valence-corrected chi connectivity index (χ0v) is 12.0. The van der Waals surface area contributed by atoms with E-state index >= 15 is 0 Å². The normalized spacial score (nSPS) is 22.6. The molecule has 4 heteroatoms. The summed E-state index contributed by atoms with van der Waals surface area (Å²) in [6.45, 7) is 4.70. The predicted molar refractivity (Wildman–Crippen MR) is 78.2 cm³/mol. The quantitative estimate of drug-likeness (QED) is 0.898. The third-order valence-electron chi connectivity index (χ3n) is 4.46. The van der Waals surface area contributed by atoms with E-state index in [1.54, 1.807) is 0 Å². The van der Waals surface area contributed by atoms with Crippen molar-refractivity contribution in [2.75, 3.05) is 5.32 Å². The molecule has 0 amide bonds. The van der Waals surface area contributed by atoms with E-state index in [4.69, 9.17) is 0 Å². The lowest BCUT2D eigenvalue weighted by Crippen LogP contribution is -2.39. The lowest BCUT2D eigenvalue weighted by atomic mass is 9.73. The monoisotopic (exact) mass is 258 g/mol. The van der Waals surface area contributed by atoms with Gasteiger partial charge in [-0.15, -0.1) is 0 Å². The lowest BCUT2D eigenvalue weighted by molar-refractivity contribution is 0.217. The number of hydrogen-bond donors (Lipinski definition) is 1. The van der Waals surface area contributed by atoms with Crippen molar-refractivity contribution in [2.24, 2.45) is 12.5 Å². The van der Waals surface area contributed by atoms with Gasteiger partial charge in [-0.1, -0.05) is 26.7 Å². The van der Waals surface area contributed by atoms with Crippen LogP contribution in [0.1, 0.15) is 39.5 Å². The molecule has 1 unspecified atom stereocenters. The van der Waals surface area contributed by atoms with Gasteiger partial charge in [0.2, 0.25) is 0 Å². The second-order valence-electron chi connectivity index (χ2n) is 6.31. The lowest BCUT2D eigenvalue weighted by Gasteiger charge is -2.39. The van der Waals surface area contributed by atoms with E-state index in [-0.39, 0.29) is 0 Å². The molecule has 2 heterocycles. The fourth-order valence-corrected chi connectivity index (χ4v) is 3.09. The number of nitrogens with one attached hydrogen (secondary N) is 1.